The number of hydrogen-bond donors (Lipinski definition) is 1. The average molecular weight is 113 g/mol. The van der Waals surface area contributed by atoms with Crippen molar-refractivity contribution in [2.75, 3.05) is 6.61 Å². The number of hydrogen-bond acceptors (Lipinski definition) is 3. The minimum atomic E-state index is 0.438. The topological polar surface area (TPSA) is 44.5 Å². The Balaban J connectivity index is 2.50. The van der Waals surface area contributed by atoms with Gasteiger partial charge in [0.15, 0.2) is 5.76 Å². The Morgan fingerprint density at radius 2 is 2.62 bits per heavy atom. The molecule has 0 aromatic rings. The Morgan fingerprint density at radius 3 is 3.00 bits per heavy atom. The Morgan fingerprint density at radius 1 is 1.75 bits per heavy atom. The van der Waals surface area contributed by atoms with Gasteiger partial charge in [0.2, 0.25) is 0 Å². The molecule has 0 aliphatic carbocycles. The van der Waals surface area contributed by atoms with Crippen LogP contribution in [0.1, 0.15) is 0 Å². The lowest BCUT2D eigenvalue weighted by Gasteiger charge is -2.05. The second-order valence-corrected chi connectivity index (χ2v) is 1.39. The van der Waals surface area contributed by atoms with Crippen molar-refractivity contribution in [3.63, 3.8) is 0 Å². The van der Waals surface area contributed by atoms with Crippen LogP contribution >= 0.6 is 0 Å². The van der Waals surface area contributed by atoms with E-state index in [1.165, 1.54) is 0 Å². The highest BCUT2D eigenvalue weighted by Crippen LogP contribution is 2.00. The summed E-state index contributed by atoms with van der Waals surface area (Å²) in [6, 6.07) is 0. The fraction of sp³-hybridized carbons (Fsp3) is 0.200. The number of nitrogens with two attached hydrogens (primary N) is 1. The number of ether oxygens (including phenoxy) is 1. The molecule has 0 amide bonds. The molecule has 0 aromatic heterocycles. The van der Waals surface area contributed by atoms with E-state index in [-0.39, 0.29) is 0 Å². The van der Waals surface area contributed by atoms with E-state index in [9.17, 15) is 0 Å². The summed E-state index contributed by atoms with van der Waals surface area (Å²) < 4.78 is 4.82. The van der Waals surface area contributed by atoms with Crippen LogP contribution in [0.25, 0.3) is 0 Å². The largest absolute Gasteiger partial charge is 0.493 e. The lowest BCUT2D eigenvalue weighted by atomic mass is 10.4. The van der Waals surface area contributed by atoms with Crippen LogP contribution in [0.3, 0.4) is 0 Å². The summed E-state index contributed by atoms with van der Waals surface area (Å²) >= 11 is 0. The van der Waals surface area contributed by atoms with Crippen LogP contribution < -0.4 is 5.90 Å². The zero-order valence-corrected chi connectivity index (χ0v) is 4.33. The summed E-state index contributed by atoms with van der Waals surface area (Å²) in [5.41, 5.74) is 0. The van der Waals surface area contributed by atoms with E-state index < -0.39 is 0 Å². The monoisotopic (exact) mass is 113 g/mol. The zero-order chi connectivity index (χ0) is 5.82. The van der Waals surface area contributed by atoms with Gasteiger partial charge >= 0.3 is 0 Å². The van der Waals surface area contributed by atoms with Gasteiger partial charge in [-0.25, -0.2) is 0 Å². The van der Waals surface area contributed by atoms with Crippen LogP contribution in [-0.2, 0) is 9.57 Å². The van der Waals surface area contributed by atoms with Gasteiger partial charge in [-0.3, -0.25) is 0 Å². The normalized spacial score (nSPS) is 16.9. The van der Waals surface area contributed by atoms with E-state index >= 15 is 0 Å². The first-order valence-corrected chi connectivity index (χ1v) is 2.27. The second-order valence-electron chi connectivity index (χ2n) is 1.39. The summed E-state index contributed by atoms with van der Waals surface area (Å²) in [7, 11) is 0. The van der Waals surface area contributed by atoms with Crippen molar-refractivity contribution in [3.8, 4) is 0 Å². The number of rotatable bonds is 1. The minimum absolute atomic E-state index is 0.438. The molecular formula is C5H7NO2. The fourth-order valence-corrected chi connectivity index (χ4v) is 0.454. The highest BCUT2D eigenvalue weighted by molar-refractivity contribution is 5.09. The molecule has 44 valence electrons. The molecule has 1 aliphatic rings. The molecule has 8 heavy (non-hydrogen) atoms. The molecule has 1 aliphatic heterocycles. The van der Waals surface area contributed by atoms with E-state index in [0.29, 0.717) is 12.4 Å². The van der Waals surface area contributed by atoms with E-state index in [1.807, 2.05) is 0 Å². The van der Waals surface area contributed by atoms with Crippen LogP contribution in [-0.4, -0.2) is 6.61 Å². The van der Waals surface area contributed by atoms with Crippen LogP contribution in [0.2, 0.25) is 0 Å². The third kappa shape index (κ3) is 1.01. The Kier molecular flexibility index (Phi) is 1.54. The summed E-state index contributed by atoms with van der Waals surface area (Å²) in [6.45, 7) is 0.438. The molecule has 0 spiro atoms. The molecule has 0 saturated carbocycles. The molecule has 2 N–H and O–H groups in total. The van der Waals surface area contributed by atoms with Crippen molar-refractivity contribution >= 4 is 0 Å². The van der Waals surface area contributed by atoms with Gasteiger partial charge in [-0.1, -0.05) is 0 Å². The maximum atomic E-state index is 4.82. The molecular weight excluding hydrogens is 106 g/mol. The van der Waals surface area contributed by atoms with Crippen LogP contribution in [0, 0.1) is 0 Å². The van der Waals surface area contributed by atoms with Gasteiger partial charge in [0.1, 0.15) is 6.61 Å². The average Bonchev–Trinajstić information content (AvgIpc) is 1.90. The molecule has 0 fully saturated rings. The van der Waals surface area contributed by atoms with Crippen LogP contribution in [0.15, 0.2) is 24.2 Å². The maximum absolute atomic E-state index is 4.82. The lowest BCUT2D eigenvalue weighted by Crippen LogP contribution is -2.05. The highest BCUT2D eigenvalue weighted by Gasteiger charge is 1.96. The molecule has 1 rings (SSSR count). The molecule has 0 bridgehead atoms. The molecule has 0 saturated heterocycles. The van der Waals surface area contributed by atoms with Crippen molar-refractivity contribution in [2.45, 2.75) is 0 Å². The van der Waals surface area contributed by atoms with Gasteiger partial charge < -0.3 is 9.57 Å². The predicted molar refractivity (Wildman–Crippen MR) is 28.4 cm³/mol. The van der Waals surface area contributed by atoms with Gasteiger partial charge in [0.05, 0.1) is 6.26 Å². The van der Waals surface area contributed by atoms with E-state index in [1.54, 1.807) is 18.4 Å². The van der Waals surface area contributed by atoms with E-state index in [2.05, 4.69) is 4.84 Å². The quantitative estimate of drug-likeness (QED) is 0.497. The zero-order valence-electron chi connectivity index (χ0n) is 4.33. The van der Waals surface area contributed by atoms with Gasteiger partial charge in [0, 0.05) is 0 Å². The highest BCUT2D eigenvalue weighted by atomic mass is 16.6. The lowest BCUT2D eigenvalue weighted by molar-refractivity contribution is 0.149. The van der Waals surface area contributed by atoms with Crippen molar-refractivity contribution in [3.05, 3.63) is 24.2 Å². The van der Waals surface area contributed by atoms with Crippen molar-refractivity contribution in [1.82, 2.24) is 0 Å². The second kappa shape index (κ2) is 2.37. The van der Waals surface area contributed by atoms with Crippen molar-refractivity contribution < 1.29 is 9.57 Å². The summed E-state index contributed by atoms with van der Waals surface area (Å²) in [5.74, 6) is 5.47. The molecule has 0 radical (unpaired) electrons. The summed E-state index contributed by atoms with van der Waals surface area (Å²) in [4.78, 5) is 4.38. The standard InChI is InChI=1S/C5H7NO2/c6-8-5-2-1-3-7-4-5/h1-3H,4,6H2. The molecule has 1 heterocycles. The Hall–Kier alpha value is -0.960. The maximum Gasteiger partial charge on any atom is 0.161 e. The first-order chi connectivity index (χ1) is 3.93. The summed E-state index contributed by atoms with van der Waals surface area (Å²) in [6.07, 6.45) is 5.07. The van der Waals surface area contributed by atoms with Gasteiger partial charge in [-0.15, -0.1) is 0 Å². The van der Waals surface area contributed by atoms with Gasteiger partial charge in [0.25, 0.3) is 0 Å². The van der Waals surface area contributed by atoms with E-state index in [0.717, 1.165) is 0 Å². The van der Waals surface area contributed by atoms with Crippen LogP contribution in [0.4, 0.5) is 0 Å². The third-order valence-corrected chi connectivity index (χ3v) is 0.834. The first-order valence-electron chi connectivity index (χ1n) is 2.27. The minimum Gasteiger partial charge on any atom is -0.493 e. The smallest absolute Gasteiger partial charge is 0.161 e. The van der Waals surface area contributed by atoms with Crippen molar-refractivity contribution in [1.29, 1.82) is 0 Å². The Bertz CT molecular complexity index is 128. The number of allylic oxidation sites excluding steroid dienone is 2. The van der Waals surface area contributed by atoms with Crippen molar-refractivity contribution in [2.24, 2.45) is 5.90 Å². The molecule has 3 heteroatoms. The molecule has 3 nitrogen and oxygen atoms in total. The molecule has 0 unspecified atom stereocenters. The fourth-order valence-electron chi connectivity index (χ4n) is 0.454. The summed E-state index contributed by atoms with van der Waals surface area (Å²) in [5, 5.41) is 0. The molecule has 0 aromatic carbocycles. The molecule has 0 atom stereocenters. The Labute approximate surface area is 47.3 Å². The van der Waals surface area contributed by atoms with Gasteiger partial charge in [-0.05, 0) is 12.2 Å². The van der Waals surface area contributed by atoms with Crippen LogP contribution in [0.5, 0.6) is 0 Å². The first kappa shape index (κ1) is 5.18. The van der Waals surface area contributed by atoms with Gasteiger partial charge in [-0.2, -0.15) is 5.90 Å². The predicted octanol–water partition coefficient (Wildman–Crippen LogP) is 0.305. The third-order valence-electron chi connectivity index (χ3n) is 0.834. The SMILES string of the molecule is NOC1=CC=COC1. The van der Waals surface area contributed by atoms with E-state index in [4.69, 9.17) is 10.6 Å².